The summed E-state index contributed by atoms with van der Waals surface area (Å²) in [5.74, 6) is 0.114. The van der Waals surface area contributed by atoms with Crippen LogP contribution in [-0.4, -0.2) is 42.6 Å². The second kappa shape index (κ2) is 9.90. The topological polar surface area (TPSA) is 62.5 Å². The largest absolute Gasteiger partial charge is 0.450 e. The summed E-state index contributed by atoms with van der Waals surface area (Å²) in [6.07, 6.45) is 7.86. The van der Waals surface area contributed by atoms with Crippen molar-refractivity contribution >= 4 is 12.0 Å². The minimum absolute atomic E-state index is 0.114. The smallest absolute Gasteiger partial charge is 0.409 e. The minimum Gasteiger partial charge on any atom is -0.450 e. The van der Waals surface area contributed by atoms with Gasteiger partial charge in [-0.15, -0.1) is 0 Å². The summed E-state index contributed by atoms with van der Waals surface area (Å²) in [6.45, 7) is 4.44. The van der Waals surface area contributed by atoms with E-state index in [1.54, 1.807) is 11.8 Å². The predicted octanol–water partition coefficient (Wildman–Crippen LogP) is 1.88. The van der Waals surface area contributed by atoms with E-state index in [9.17, 15) is 9.59 Å². The fourth-order valence-electron chi connectivity index (χ4n) is 2.88. The fraction of sp³-hybridized carbons (Fsp3) is 0.611. The summed E-state index contributed by atoms with van der Waals surface area (Å²) in [6, 6.07) is 6.19. The summed E-state index contributed by atoms with van der Waals surface area (Å²) in [5.41, 5.74) is 0. The Morgan fingerprint density at radius 2 is 1.88 bits per heavy atom. The highest BCUT2D eigenvalue weighted by molar-refractivity contribution is 5.76. The average molecular weight is 334 g/mol. The maximum Gasteiger partial charge on any atom is 0.409 e. The van der Waals surface area contributed by atoms with Gasteiger partial charge in [0.1, 0.15) is 6.54 Å². The molecule has 1 N–H and O–H groups in total. The first-order valence-corrected chi connectivity index (χ1v) is 8.84. The molecule has 6 nitrogen and oxygen atoms in total. The van der Waals surface area contributed by atoms with Crippen molar-refractivity contribution in [3.8, 4) is 0 Å². The van der Waals surface area contributed by atoms with E-state index in [2.05, 4.69) is 9.88 Å². The molecule has 1 aliphatic rings. The molecular formula is C18H28N3O3+. The molecule has 6 heteroatoms. The van der Waals surface area contributed by atoms with Crippen molar-refractivity contribution in [3.63, 3.8) is 0 Å². The lowest BCUT2D eigenvalue weighted by Gasteiger charge is -2.31. The van der Waals surface area contributed by atoms with Crippen LogP contribution in [-0.2, 0) is 16.1 Å². The molecule has 1 aromatic rings. The number of nitrogens with one attached hydrogen (secondary N) is 1. The number of amides is 2. The number of likely N-dealkylation sites (tertiary alicyclic amines) is 1. The number of ether oxygens (including phenoxy) is 1. The number of rotatable bonds is 7. The van der Waals surface area contributed by atoms with E-state index in [-0.39, 0.29) is 18.0 Å². The van der Waals surface area contributed by atoms with Crippen LogP contribution in [0.3, 0.4) is 0 Å². The molecule has 0 bridgehead atoms. The summed E-state index contributed by atoms with van der Waals surface area (Å²) < 4.78 is 7.13. The lowest BCUT2D eigenvalue weighted by atomic mass is 10.0. The molecule has 2 amide bonds. The second-order valence-electron chi connectivity index (χ2n) is 6.10. The lowest BCUT2D eigenvalue weighted by molar-refractivity contribution is -0.697. The van der Waals surface area contributed by atoms with Gasteiger partial charge >= 0.3 is 6.09 Å². The Bertz CT molecular complexity index is 514. The van der Waals surface area contributed by atoms with Crippen molar-refractivity contribution in [1.29, 1.82) is 0 Å². The Morgan fingerprint density at radius 1 is 1.17 bits per heavy atom. The Hall–Kier alpha value is -2.11. The molecule has 0 aliphatic carbocycles. The third-order valence-corrected chi connectivity index (χ3v) is 4.23. The normalized spacial score (nSPS) is 15.1. The summed E-state index contributed by atoms with van der Waals surface area (Å²) in [4.78, 5) is 25.4. The van der Waals surface area contributed by atoms with Gasteiger partial charge in [-0.2, -0.15) is 0 Å². The zero-order valence-corrected chi connectivity index (χ0v) is 14.4. The van der Waals surface area contributed by atoms with Crippen LogP contribution >= 0.6 is 0 Å². The van der Waals surface area contributed by atoms with Crippen LogP contribution in [0.15, 0.2) is 30.6 Å². The van der Waals surface area contributed by atoms with Gasteiger partial charge < -0.3 is 15.0 Å². The SMILES string of the molecule is CCOC(=O)N1CCC(NC(=O)CCCC[n+]2ccccc2)CC1. The van der Waals surface area contributed by atoms with Crippen LogP contribution < -0.4 is 9.88 Å². The Labute approximate surface area is 143 Å². The molecule has 1 fully saturated rings. The number of unbranched alkanes of at least 4 members (excludes halogenated alkanes) is 1. The molecule has 0 radical (unpaired) electrons. The number of hydrogen-bond acceptors (Lipinski definition) is 3. The van der Waals surface area contributed by atoms with Gasteiger partial charge in [0, 0.05) is 44.1 Å². The highest BCUT2D eigenvalue weighted by Crippen LogP contribution is 2.12. The first-order chi connectivity index (χ1) is 11.7. The monoisotopic (exact) mass is 334 g/mol. The Morgan fingerprint density at radius 3 is 2.54 bits per heavy atom. The number of carbonyl (C=O) groups is 2. The van der Waals surface area contributed by atoms with Gasteiger partial charge in [-0.25, -0.2) is 9.36 Å². The molecule has 0 spiro atoms. The number of aryl methyl sites for hydroxylation is 1. The quantitative estimate of drug-likeness (QED) is 0.612. The molecule has 0 aromatic carbocycles. The molecule has 1 aromatic heterocycles. The number of nitrogens with zero attached hydrogens (tertiary/aromatic N) is 2. The van der Waals surface area contributed by atoms with E-state index in [4.69, 9.17) is 4.74 Å². The number of aromatic nitrogens is 1. The number of carbonyl (C=O) groups excluding carboxylic acids is 2. The first-order valence-electron chi connectivity index (χ1n) is 8.84. The van der Waals surface area contributed by atoms with Crippen LogP contribution in [0, 0.1) is 0 Å². The van der Waals surface area contributed by atoms with Crippen LogP contribution in [0.4, 0.5) is 4.79 Å². The van der Waals surface area contributed by atoms with E-state index in [1.807, 2.05) is 30.6 Å². The van der Waals surface area contributed by atoms with Crippen molar-refractivity contribution in [2.75, 3.05) is 19.7 Å². The van der Waals surface area contributed by atoms with Gasteiger partial charge in [0.25, 0.3) is 0 Å². The molecule has 1 saturated heterocycles. The van der Waals surface area contributed by atoms with E-state index >= 15 is 0 Å². The van der Waals surface area contributed by atoms with E-state index in [0.717, 1.165) is 32.2 Å². The molecule has 0 atom stereocenters. The van der Waals surface area contributed by atoms with Crippen LogP contribution in [0.25, 0.3) is 0 Å². The lowest BCUT2D eigenvalue weighted by Crippen LogP contribution is -2.46. The van der Waals surface area contributed by atoms with Gasteiger partial charge in [-0.1, -0.05) is 6.07 Å². The highest BCUT2D eigenvalue weighted by Gasteiger charge is 2.24. The van der Waals surface area contributed by atoms with Gasteiger partial charge in [0.15, 0.2) is 12.4 Å². The minimum atomic E-state index is -0.249. The van der Waals surface area contributed by atoms with Crippen LogP contribution in [0.2, 0.25) is 0 Å². The molecule has 132 valence electrons. The first kappa shape index (κ1) is 18.2. The van der Waals surface area contributed by atoms with Crippen molar-refractivity contribution < 1.29 is 18.9 Å². The van der Waals surface area contributed by atoms with Gasteiger partial charge in [0.05, 0.1) is 6.61 Å². The third-order valence-electron chi connectivity index (χ3n) is 4.23. The third kappa shape index (κ3) is 6.18. The van der Waals surface area contributed by atoms with E-state index in [0.29, 0.717) is 26.1 Å². The summed E-state index contributed by atoms with van der Waals surface area (Å²) >= 11 is 0. The van der Waals surface area contributed by atoms with Crippen LogP contribution in [0.1, 0.15) is 39.0 Å². The zero-order valence-electron chi connectivity index (χ0n) is 14.4. The molecule has 2 heterocycles. The Balaban J connectivity index is 1.57. The predicted molar refractivity (Wildman–Crippen MR) is 90.2 cm³/mol. The summed E-state index contributed by atoms with van der Waals surface area (Å²) in [5, 5.41) is 3.08. The maximum absolute atomic E-state index is 12.0. The van der Waals surface area contributed by atoms with Crippen molar-refractivity contribution in [2.45, 2.75) is 51.6 Å². The molecule has 24 heavy (non-hydrogen) atoms. The highest BCUT2D eigenvalue weighted by atomic mass is 16.6. The Kier molecular flexibility index (Phi) is 7.52. The average Bonchev–Trinajstić information content (AvgIpc) is 2.60. The maximum atomic E-state index is 12.0. The molecular weight excluding hydrogens is 306 g/mol. The van der Waals surface area contributed by atoms with E-state index < -0.39 is 0 Å². The van der Waals surface area contributed by atoms with Crippen LogP contribution in [0.5, 0.6) is 0 Å². The summed E-state index contributed by atoms with van der Waals surface area (Å²) in [7, 11) is 0. The number of piperidine rings is 1. The van der Waals surface area contributed by atoms with Gasteiger partial charge in [0.2, 0.25) is 5.91 Å². The zero-order chi connectivity index (χ0) is 17.2. The fourth-order valence-corrected chi connectivity index (χ4v) is 2.88. The molecule has 0 unspecified atom stereocenters. The number of hydrogen-bond donors (Lipinski definition) is 1. The molecule has 2 rings (SSSR count). The van der Waals surface area contributed by atoms with Gasteiger partial charge in [-0.05, 0) is 26.2 Å². The van der Waals surface area contributed by atoms with Gasteiger partial charge in [-0.3, -0.25) is 4.79 Å². The van der Waals surface area contributed by atoms with Crippen molar-refractivity contribution in [2.24, 2.45) is 0 Å². The second-order valence-corrected chi connectivity index (χ2v) is 6.10. The standard InChI is InChI=1S/C18H27N3O3/c1-2-24-18(23)21-14-9-16(10-15-21)19-17(22)8-4-7-13-20-11-5-3-6-12-20/h3,5-6,11-12,16H,2,4,7-10,13-15H2,1H3/p+1. The van der Waals surface area contributed by atoms with E-state index in [1.165, 1.54) is 0 Å². The molecule has 0 saturated carbocycles. The molecule has 1 aliphatic heterocycles. The number of pyridine rings is 1. The van der Waals surface area contributed by atoms with Crippen molar-refractivity contribution in [1.82, 2.24) is 10.2 Å². The van der Waals surface area contributed by atoms with Crippen molar-refractivity contribution in [3.05, 3.63) is 30.6 Å².